The highest BCUT2D eigenvalue weighted by Crippen LogP contribution is 2.50. The first kappa shape index (κ1) is 18.1. The van der Waals surface area contributed by atoms with E-state index in [4.69, 9.17) is 0 Å². The average Bonchev–Trinajstić information content (AvgIpc) is 2.84. The number of ketones is 1. The zero-order valence-electron chi connectivity index (χ0n) is 17.1. The highest BCUT2D eigenvalue weighted by atomic mass is 16.1. The lowest BCUT2D eigenvalue weighted by atomic mass is 9.72. The third kappa shape index (κ3) is 2.97. The maximum absolute atomic E-state index is 13.6. The fourth-order valence-corrected chi connectivity index (χ4v) is 5.20. The molecule has 3 heteroatoms. The minimum Gasteiger partial charge on any atom is -0.373 e. The molecule has 1 N–H and O–H groups in total. The molecule has 0 spiro atoms. The Morgan fingerprint density at radius 1 is 0.806 bits per heavy atom. The highest BCUT2D eigenvalue weighted by Gasteiger charge is 2.38. The molecule has 31 heavy (non-hydrogen) atoms. The van der Waals surface area contributed by atoms with E-state index in [2.05, 4.69) is 77.0 Å². The van der Waals surface area contributed by atoms with Gasteiger partial charge in [0.1, 0.15) is 0 Å². The second-order valence-electron chi connectivity index (χ2n) is 8.40. The van der Waals surface area contributed by atoms with Crippen LogP contribution in [0.15, 0.2) is 96.8 Å². The standard InChI is InChI=1S/C28H22N2O/c31-25-16-21(18-7-2-1-3-8-18)15-23-26-22-11-5-4-9-19(22)12-13-24(26)30-28(27(23)25)20-10-6-14-29-17-20/h1-14,17,21,28,30H,15-16H2. The topological polar surface area (TPSA) is 42.0 Å². The Morgan fingerprint density at radius 3 is 2.45 bits per heavy atom. The van der Waals surface area contributed by atoms with E-state index in [-0.39, 0.29) is 17.7 Å². The molecule has 3 nitrogen and oxygen atoms in total. The molecule has 3 aromatic carbocycles. The SMILES string of the molecule is O=C1CC(c2ccccc2)CC2=C1C(c1cccnc1)Nc1ccc3ccccc3c12. The number of nitrogens with one attached hydrogen (secondary N) is 1. The van der Waals surface area contributed by atoms with Gasteiger partial charge in [0, 0.05) is 35.6 Å². The number of rotatable bonds is 2. The summed E-state index contributed by atoms with van der Waals surface area (Å²) in [6, 6.07) is 27.0. The van der Waals surface area contributed by atoms with Crippen LogP contribution in [0.2, 0.25) is 0 Å². The van der Waals surface area contributed by atoms with Crippen LogP contribution in [0.3, 0.4) is 0 Å². The number of carbonyl (C=O) groups is 1. The van der Waals surface area contributed by atoms with Crippen LogP contribution in [0.25, 0.3) is 16.3 Å². The predicted octanol–water partition coefficient (Wildman–Crippen LogP) is 6.30. The van der Waals surface area contributed by atoms with Crippen molar-refractivity contribution in [2.24, 2.45) is 0 Å². The van der Waals surface area contributed by atoms with Gasteiger partial charge in [-0.15, -0.1) is 0 Å². The van der Waals surface area contributed by atoms with Gasteiger partial charge in [0.15, 0.2) is 5.78 Å². The number of nitrogens with zero attached hydrogens (tertiary/aromatic N) is 1. The van der Waals surface area contributed by atoms with Crippen molar-refractivity contribution in [2.45, 2.75) is 24.8 Å². The number of pyridine rings is 1. The van der Waals surface area contributed by atoms with Crippen LogP contribution in [0.4, 0.5) is 5.69 Å². The van der Waals surface area contributed by atoms with E-state index in [1.54, 1.807) is 6.20 Å². The smallest absolute Gasteiger partial charge is 0.162 e. The van der Waals surface area contributed by atoms with Crippen LogP contribution in [0, 0.1) is 0 Å². The van der Waals surface area contributed by atoms with Crippen LogP contribution >= 0.6 is 0 Å². The van der Waals surface area contributed by atoms with E-state index in [1.165, 1.54) is 27.5 Å². The molecular formula is C28H22N2O. The minimum absolute atomic E-state index is 0.165. The van der Waals surface area contributed by atoms with Gasteiger partial charge in [0.25, 0.3) is 0 Å². The predicted molar refractivity (Wildman–Crippen MR) is 125 cm³/mol. The van der Waals surface area contributed by atoms with Gasteiger partial charge in [-0.25, -0.2) is 0 Å². The molecule has 1 aliphatic heterocycles. The molecule has 2 atom stereocenters. The monoisotopic (exact) mass is 402 g/mol. The van der Waals surface area contributed by atoms with Crippen LogP contribution < -0.4 is 5.32 Å². The van der Waals surface area contributed by atoms with E-state index >= 15 is 0 Å². The van der Waals surface area contributed by atoms with Gasteiger partial charge in [0.05, 0.1) is 6.04 Å². The first-order valence-corrected chi connectivity index (χ1v) is 10.8. The van der Waals surface area contributed by atoms with Crippen LogP contribution in [0.5, 0.6) is 0 Å². The molecule has 2 aliphatic rings. The summed E-state index contributed by atoms with van der Waals surface area (Å²) >= 11 is 0. The largest absolute Gasteiger partial charge is 0.373 e. The molecule has 2 heterocycles. The summed E-state index contributed by atoms with van der Waals surface area (Å²) in [4.78, 5) is 17.9. The molecule has 150 valence electrons. The molecule has 0 radical (unpaired) electrons. The zero-order chi connectivity index (χ0) is 20.8. The molecule has 6 rings (SSSR count). The van der Waals surface area contributed by atoms with Crippen molar-refractivity contribution in [1.29, 1.82) is 0 Å². The van der Waals surface area contributed by atoms with E-state index in [0.29, 0.717) is 6.42 Å². The Morgan fingerprint density at radius 2 is 1.61 bits per heavy atom. The van der Waals surface area contributed by atoms with E-state index < -0.39 is 0 Å². The van der Waals surface area contributed by atoms with Crippen molar-refractivity contribution in [1.82, 2.24) is 4.98 Å². The Bertz CT molecular complexity index is 1330. The molecule has 1 aliphatic carbocycles. The summed E-state index contributed by atoms with van der Waals surface area (Å²) in [6.45, 7) is 0. The molecular weight excluding hydrogens is 380 g/mol. The Kier molecular flexibility index (Phi) is 4.20. The molecule has 2 unspecified atom stereocenters. The first-order chi connectivity index (χ1) is 15.3. The van der Waals surface area contributed by atoms with E-state index in [0.717, 1.165) is 23.2 Å². The second kappa shape index (κ2) is 7.21. The van der Waals surface area contributed by atoms with Crippen LogP contribution in [-0.2, 0) is 4.79 Å². The summed E-state index contributed by atoms with van der Waals surface area (Å²) < 4.78 is 0. The Labute approximate surface area is 181 Å². The number of allylic oxidation sites excluding steroid dienone is 1. The molecule has 4 aromatic rings. The first-order valence-electron chi connectivity index (χ1n) is 10.8. The number of anilines is 1. The number of benzene rings is 3. The number of Topliss-reactive ketones (excluding diaryl/α,β-unsaturated/α-hetero) is 1. The van der Waals surface area contributed by atoms with Gasteiger partial charge >= 0.3 is 0 Å². The van der Waals surface area contributed by atoms with Gasteiger partial charge in [-0.05, 0) is 51.9 Å². The molecule has 1 aromatic heterocycles. The summed E-state index contributed by atoms with van der Waals surface area (Å²) in [5.41, 5.74) is 6.63. The van der Waals surface area contributed by atoms with Crippen molar-refractivity contribution in [3.8, 4) is 0 Å². The van der Waals surface area contributed by atoms with Crippen molar-refractivity contribution < 1.29 is 4.79 Å². The van der Waals surface area contributed by atoms with Crippen LogP contribution in [0.1, 0.15) is 41.5 Å². The normalized spacial score (nSPS) is 20.2. The summed E-state index contributed by atoms with van der Waals surface area (Å²) in [7, 11) is 0. The van der Waals surface area contributed by atoms with Crippen molar-refractivity contribution in [3.05, 3.63) is 114 Å². The summed E-state index contributed by atoms with van der Waals surface area (Å²) in [6.07, 6.45) is 5.05. The van der Waals surface area contributed by atoms with E-state index in [1.807, 2.05) is 18.3 Å². The number of hydrogen-bond acceptors (Lipinski definition) is 3. The quantitative estimate of drug-likeness (QED) is 0.428. The third-order valence-corrected chi connectivity index (χ3v) is 6.62. The van der Waals surface area contributed by atoms with Gasteiger partial charge < -0.3 is 5.32 Å². The van der Waals surface area contributed by atoms with Gasteiger partial charge in [0.2, 0.25) is 0 Å². The van der Waals surface area contributed by atoms with Crippen LogP contribution in [-0.4, -0.2) is 10.8 Å². The second-order valence-corrected chi connectivity index (χ2v) is 8.40. The molecule has 0 bridgehead atoms. The van der Waals surface area contributed by atoms with Crippen molar-refractivity contribution in [3.63, 3.8) is 0 Å². The molecule has 0 amide bonds. The maximum atomic E-state index is 13.6. The van der Waals surface area contributed by atoms with Crippen molar-refractivity contribution >= 4 is 27.8 Å². The zero-order valence-corrected chi connectivity index (χ0v) is 17.1. The highest BCUT2D eigenvalue weighted by molar-refractivity contribution is 6.13. The maximum Gasteiger partial charge on any atom is 0.162 e. The minimum atomic E-state index is -0.165. The Hall–Kier alpha value is -3.72. The Balaban J connectivity index is 1.59. The number of carbonyl (C=O) groups excluding carboxylic acids is 1. The average molecular weight is 402 g/mol. The fraction of sp³-hybridized carbons (Fsp3) is 0.143. The number of fused-ring (bicyclic) bond motifs is 4. The lowest BCUT2D eigenvalue weighted by Crippen LogP contribution is -2.29. The lowest BCUT2D eigenvalue weighted by molar-refractivity contribution is -0.116. The molecule has 0 fully saturated rings. The third-order valence-electron chi connectivity index (χ3n) is 6.62. The number of hydrogen-bond donors (Lipinski definition) is 1. The fourth-order valence-electron chi connectivity index (χ4n) is 5.20. The summed E-state index contributed by atoms with van der Waals surface area (Å²) in [5.74, 6) is 0.432. The lowest BCUT2D eigenvalue weighted by Gasteiger charge is -2.37. The molecule has 0 saturated carbocycles. The summed E-state index contributed by atoms with van der Waals surface area (Å²) in [5, 5.41) is 6.07. The van der Waals surface area contributed by atoms with Crippen molar-refractivity contribution in [2.75, 3.05) is 5.32 Å². The van der Waals surface area contributed by atoms with E-state index in [9.17, 15) is 4.79 Å². The number of aromatic nitrogens is 1. The van der Waals surface area contributed by atoms with Gasteiger partial charge in [-0.3, -0.25) is 9.78 Å². The van der Waals surface area contributed by atoms with Gasteiger partial charge in [-0.1, -0.05) is 66.7 Å². The van der Waals surface area contributed by atoms with Gasteiger partial charge in [-0.2, -0.15) is 0 Å². The molecule has 0 saturated heterocycles.